The number of anilines is 2. The number of nitrogens with zero attached hydrogens (tertiary/aromatic N) is 4. The number of ether oxygens (including phenoxy) is 1. The summed E-state index contributed by atoms with van der Waals surface area (Å²) in [5, 5.41) is 11.5. The molecule has 0 aliphatic carbocycles. The fourth-order valence-electron chi connectivity index (χ4n) is 6.61. The highest BCUT2D eigenvalue weighted by Gasteiger charge is 2.32. The minimum atomic E-state index is -1.02. The van der Waals surface area contributed by atoms with Crippen LogP contribution in [0, 0.1) is 5.41 Å². The molecule has 10 nitrogen and oxygen atoms in total. The van der Waals surface area contributed by atoms with Gasteiger partial charge in [0.15, 0.2) is 0 Å². The first-order valence-corrected chi connectivity index (χ1v) is 16.6. The zero-order valence-electron chi connectivity index (χ0n) is 26.8. The van der Waals surface area contributed by atoms with Gasteiger partial charge in [-0.25, -0.2) is 9.80 Å². The van der Waals surface area contributed by atoms with E-state index in [1.165, 1.54) is 5.01 Å². The second kappa shape index (κ2) is 13.4. The first-order valence-electron chi connectivity index (χ1n) is 15.8. The van der Waals surface area contributed by atoms with Crippen molar-refractivity contribution in [2.75, 3.05) is 68.8 Å². The SMILES string of the molecule is CC(C)(C)CN1CCN(c2cc(Cl)c(C(=O)N3Cc4cccc(-c5ccc(C(=O)O)c(N6CCOCC6)c5)c4C(=O)N3)c(Cl)c2)CC1. The van der Waals surface area contributed by atoms with Gasteiger partial charge in [0.05, 0.1) is 52.2 Å². The Hall–Kier alpha value is -3.83. The minimum Gasteiger partial charge on any atom is -0.478 e. The van der Waals surface area contributed by atoms with E-state index in [2.05, 4.69) is 36.0 Å². The van der Waals surface area contributed by atoms with Gasteiger partial charge in [-0.1, -0.05) is 68.2 Å². The van der Waals surface area contributed by atoms with E-state index >= 15 is 0 Å². The van der Waals surface area contributed by atoms with Crippen LogP contribution in [0.25, 0.3) is 11.1 Å². The van der Waals surface area contributed by atoms with Gasteiger partial charge in [-0.2, -0.15) is 0 Å². The normalized spacial score (nSPS) is 17.4. The summed E-state index contributed by atoms with van der Waals surface area (Å²) in [6, 6.07) is 14.1. The molecule has 0 unspecified atom stereocenters. The molecule has 2 saturated heterocycles. The lowest BCUT2D eigenvalue weighted by Gasteiger charge is -2.39. The minimum absolute atomic E-state index is 0.0986. The van der Waals surface area contributed by atoms with Crippen LogP contribution in [0.1, 0.15) is 57.4 Å². The van der Waals surface area contributed by atoms with Crippen LogP contribution in [0.15, 0.2) is 48.5 Å². The largest absolute Gasteiger partial charge is 0.478 e. The van der Waals surface area contributed by atoms with Crippen molar-refractivity contribution < 1.29 is 24.2 Å². The van der Waals surface area contributed by atoms with Gasteiger partial charge in [0.25, 0.3) is 11.8 Å². The first kappa shape index (κ1) is 33.1. The highest BCUT2D eigenvalue weighted by atomic mass is 35.5. The lowest BCUT2D eigenvalue weighted by Crippen LogP contribution is -2.49. The molecule has 0 aromatic heterocycles. The Morgan fingerprint density at radius 1 is 0.915 bits per heavy atom. The molecule has 3 aliphatic heterocycles. The van der Waals surface area contributed by atoms with E-state index in [9.17, 15) is 19.5 Å². The van der Waals surface area contributed by atoms with E-state index in [1.54, 1.807) is 36.4 Å². The lowest BCUT2D eigenvalue weighted by atomic mass is 9.92. The number of rotatable bonds is 6. The van der Waals surface area contributed by atoms with E-state index in [-0.39, 0.29) is 33.1 Å². The van der Waals surface area contributed by atoms with E-state index in [1.807, 2.05) is 17.0 Å². The quantitative estimate of drug-likeness (QED) is 0.344. The number of piperazine rings is 1. The summed E-state index contributed by atoms with van der Waals surface area (Å²) in [5.74, 6) is -1.99. The predicted octanol–water partition coefficient (Wildman–Crippen LogP) is 5.66. The van der Waals surface area contributed by atoms with Crippen molar-refractivity contribution in [3.8, 4) is 11.1 Å². The summed E-state index contributed by atoms with van der Waals surface area (Å²) in [7, 11) is 0. The van der Waals surface area contributed by atoms with Gasteiger partial charge in [0, 0.05) is 51.5 Å². The molecular weight excluding hydrogens is 641 g/mol. The Kier molecular flexibility index (Phi) is 9.40. The van der Waals surface area contributed by atoms with Crippen LogP contribution in [0.4, 0.5) is 11.4 Å². The molecule has 3 heterocycles. The average Bonchev–Trinajstić information content (AvgIpc) is 3.03. The maximum atomic E-state index is 13.8. The van der Waals surface area contributed by atoms with Gasteiger partial charge in [-0.3, -0.25) is 19.9 Å². The third-order valence-electron chi connectivity index (χ3n) is 8.75. The molecule has 0 radical (unpaired) electrons. The summed E-state index contributed by atoms with van der Waals surface area (Å²) in [6.45, 7) is 13.5. The van der Waals surface area contributed by atoms with Gasteiger partial charge >= 0.3 is 5.97 Å². The first-order chi connectivity index (χ1) is 22.4. The van der Waals surface area contributed by atoms with Crippen molar-refractivity contribution in [2.24, 2.45) is 5.41 Å². The Morgan fingerprint density at radius 3 is 2.23 bits per heavy atom. The van der Waals surface area contributed by atoms with Gasteiger partial charge in [0.2, 0.25) is 0 Å². The number of hydrazine groups is 1. The number of hydrogen-bond donors (Lipinski definition) is 2. The molecule has 0 bridgehead atoms. The molecule has 0 saturated carbocycles. The van der Waals surface area contributed by atoms with Crippen LogP contribution >= 0.6 is 23.2 Å². The van der Waals surface area contributed by atoms with Crippen LogP contribution < -0.4 is 15.2 Å². The number of carboxylic acids is 1. The second-order valence-electron chi connectivity index (χ2n) is 13.4. The van der Waals surface area contributed by atoms with E-state index in [0.717, 1.165) is 38.4 Å². The van der Waals surface area contributed by atoms with Crippen molar-refractivity contribution in [1.82, 2.24) is 15.3 Å². The fraction of sp³-hybridized carbons (Fsp3) is 0.400. The van der Waals surface area contributed by atoms with Crippen LogP contribution in [0.3, 0.4) is 0 Å². The predicted molar refractivity (Wildman–Crippen MR) is 184 cm³/mol. The summed E-state index contributed by atoms with van der Waals surface area (Å²) in [5.41, 5.74) is 7.11. The van der Waals surface area contributed by atoms with Crippen LogP contribution in [-0.4, -0.2) is 91.8 Å². The molecule has 47 heavy (non-hydrogen) atoms. The monoisotopic (exact) mass is 679 g/mol. The number of carbonyl (C=O) groups excluding carboxylic acids is 2. The van der Waals surface area contributed by atoms with E-state index < -0.39 is 17.8 Å². The Bertz CT molecular complexity index is 1690. The van der Waals surface area contributed by atoms with Crippen LogP contribution in [0.2, 0.25) is 10.0 Å². The van der Waals surface area contributed by atoms with Gasteiger partial charge < -0.3 is 19.6 Å². The number of aromatic carboxylic acids is 1. The maximum Gasteiger partial charge on any atom is 0.337 e. The molecular formula is C35H39Cl2N5O5. The number of morpholine rings is 1. The fourth-order valence-corrected chi connectivity index (χ4v) is 7.25. The van der Waals surface area contributed by atoms with Crippen LogP contribution in [-0.2, 0) is 11.3 Å². The Morgan fingerprint density at radius 2 is 1.60 bits per heavy atom. The summed E-state index contributed by atoms with van der Waals surface area (Å²) in [4.78, 5) is 46.1. The number of benzene rings is 3. The second-order valence-corrected chi connectivity index (χ2v) is 14.2. The zero-order chi connectivity index (χ0) is 33.5. The number of fused-ring (bicyclic) bond motifs is 1. The molecule has 0 atom stereocenters. The molecule has 6 rings (SSSR count). The molecule has 2 fully saturated rings. The molecule has 2 amide bonds. The third-order valence-corrected chi connectivity index (χ3v) is 9.35. The zero-order valence-corrected chi connectivity index (χ0v) is 28.3. The van der Waals surface area contributed by atoms with Gasteiger partial charge in [-0.05, 0) is 46.4 Å². The van der Waals surface area contributed by atoms with Gasteiger partial charge in [0.1, 0.15) is 0 Å². The molecule has 3 aromatic rings. The molecule has 3 aliphatic rings. The number of nitrogens with one attached hydrogen (secondary N) is 1. The highest BCUT2D eigenvalue weighted by molar-refractivity contribution is 6.40. The Balaban J connectivity index is 1.23. The highest BCUT2D eigenvalue weighted by Crippen LogP contribution is 2.36. The molecule has 12 heteroatoms. The number of carbonyl (C=O) groups is 3. The lowest BCUT2D eigenvalue weighted by molar-refractivity contribution is 0.0540. The smallest absolute Gasteiger partial charge is 0.337 e. The Labute approximate surface area is 284 Å². The molecule has 0 spiro atoms. The number of amides is 2. The number of halogens is 2. The third kappa shape index (κ3) is 7.06. The topological polar surface area (TPSA) is 106 Å². The van der Waals surface area contributed by atoms with Crippen molar-refractivity contribution in [1.29, 1.82) is 0 Å². The standard InChI is InChI=1S/C35H39Cl2N5O5/c1-35(2,3)21-39-9-11-40(12-10-39)24-18-27(36)31(28(37)19-24)33(44)42-20-23-5-4-6-25(30(23)32(43)38-42)22-7-8-26(34(45)46)29(17-22)41-13-15-47-16-14-41/h4-8,17-19H,9-16,20-21H2,1-3H3,(H,38,43)(H,45,46). The molecule has 2 N–H and O–H groups in total. The van der Waals surface area contributed by atoms with Crippen molar-refractivity contribution >= 4 is 52.4 Å². The van der Waals surface area contributed by atoms with Crippen molar-refractivity contribution in [3.63, 3.8) is 0 Å². The summed E-state index contributed by atoms with van der Waals surface area (Å²) in [6.07, 6.45) is 0. The van der Waals surface area contributed by atoms with Crippen molar-refractivity contribution in [3.05, 3.63) is 80.8 Å². The maximum absolute atomic E-state index is 13.8. The van der Waals surface area contributed by atoms with Gasteiger partial charge in [-0.15, -0.1) is 0 Å². The number of hydrogen-bond acceptors (Lipinski definition) is 7. The van der Waals surface area contributed by atoms with E-state index in [4.69, 9.17) is 27.9 Å². The number of carboxylic acid groups (broad SMARTS) is 1. The summed E-state index contributed by atoms with van der Waals surface area (Å²) >= 11 is 13.4. The average molecular weight is 681 g/mol. The molecule has 3 aromatic carbocycles. The van der Waals surface area contributed by atoms with Crippen molar-refractivity contribution in [2.45, 2.75) is 27.3 Å². The van der Waals surface area contributed by atoms with Crippen LogP contribution in [0.5, 0.6) is 0 Å². The summed E-state index contributed by atoms with van der Waals surface area (Å²) < 4.78 is 5.46. The van der Waals surface area contributed by atoms with E-state index in [0.29, 0.717) is 54.2 Å². The molecule has 248 valence electrons.